The van der Waals surface area contributed by atoms with Gasteiger partial charge >= 0.3 is 0 Å². The first-order valence-electron chi connectivity index (χ1n) is 9.70. The first-order valence-corrected chi connectivity index (χ1v) is 10.1. The van der Waals surface area contributed by atoms with Crippen LogP contribution in [0.5, 0.6) is 5.75 Å². The molecule has 3 aromatic rings. The van der Waals surface area contributed by atoms with Crippen molar-refractivity contribution in [3.8, 4) is 11.4 Å². The molecule has 1 aliphatic rings. The second-order valence-electron chi connectivity index (χ2n) is 7.16. The van der Waals surface area contributed by atoms with E-state index in [-0.39, 0.29) is 10.6 Å². The molecule has 1 fully saturated rings. The van der Waals surface area contributed by atoms with Crippen molar-refractivity contribution in [2.45, 2.75) is 6.54 Å². The number of hydrogen-bond donors (Lipinski definition) is 1. The van der Waals surface area contributed by atoms with Crippen LogP contribution in [-0.2, 0) is 6.54 Å². The molecule has 7 heteroatoms. The monoisotopic (exact) mass is 411 g/mol. The number of halogens is 1. The van der Waals surface area contributed by atoms with Crippen molar-refractivity contribution in [2.24, 2.45) is 0 Å². The highest BCUT2D eigenvalue weighted by Crippen LogP contribution is 2.21. The lowest BCUT2D eigenvalue weighted by Gasteiger charge is -2.33. The van der Waals surface area contributed by atoms with Crippen LogP contribution in [0.4, 0.5) is 5.69 Å². The molecule has 2 aromatic carbocycles. The molecule has 0 unspecified atom stereocenters. The molecule has 2 heterocycles. The zero-order valence-corrected chi connectivity index (χ0v) is 17.1. The molecule has 0 amide bonds. The molecule has 1 aromatic heterocycles. The number of methoxy groups -OCH3 is 1. The Morgan fingerprint density at radius 1 is 1.10 bits per heavy atom. The summed E-state index contributed by atoms with van der Waals surface area (Å²) in [6, 6.07) is 17.5. The highest BCUT2D eigenvalue weighted by Gasteiger charge is 2.24. The quantitative estimate of drug-likeness (QED) is 0.695. The Morgan fingerprint density at radius 3 is 2.59 bits per heavy atom. The predicted octanol–water partition coefficient (Wildman–Crippen LogP) is 1.80. The van der Waals surface area contributed by atoms with Crippen LogP contribution >= 0.6 is 11.6 Å². The molecule has 4 rings (SSSR count). The number of aromatic nitrogens is 2. The molecule has 0 radical (unpaired) electrons. The Morgan fingerprint density at radius 2 is 1.86 bits per heavy atom. The normalized spacial score (nSPS) is 14.8. The summed E-state index contributed by atoms with van der Waals surface area (Å²) in [5.74, 6) is 0.886. The maximum absolute atomic E-state index is 12.7. The topological polar surface area (TPSA) is 51.8 Å². The molecule has 1 N–H and O–H groups in total. The highest BCUT2D eigenvalue weighted by molar-refractivity contribution is 6.33. The van der Waals surface area contributed by atoms with Gasteiger partial charge in [-0.2, -0.15) is 9.78 Å². The fraction of sp³-hybridized carbons (Fsp3) is 0.273. The smallest absolute Gasteiger partial charge is 0.292 e. The highest BCUT2D eigenvalue weighted by atomic mass is 35.5. The van der Waals surface area contributed by atoms with E-state index < -0.39 is 0 Å². The Balaban J connectivity index is 1.44. The molecule has 1 saturated heterocycles. The summed E-state index contributed by atoms with van der Waals surface area (Å²) in [5, 5.41) is 4.57. The van der Waals surface area contributed by atoms with Crippen molar-refractivity contribution in [1.29, 1.82) is 0 Å². The molecule has 6 nitrogen and oxygen atoms in total. The lowest BCUT2D eigenvalue weighted by atomic mass is 10.2. The zero-order chi connectivity index (χ0) is 20.2. The second kappa shape index (κ2) is 8.68. The molecule has 150 valence electrons. The average Bonchev–Trinajstić information content (AvgIpc) is 2.77. The van der Waals surface area contributed by atoms with E-state index >= 15 is 0 Å². The minimum absolute atomic E-state index is 0.222. The van der Waals surface area contributed by atoms with E-state index in [0.717, 1.165) is 38.5 Å². The number of anilines is 1. The summed E-state index contributed by atoms with van der Waals surface area (Å²) in [5.41, 5.74) is 2.39. The van der Waals surface area contributed by atoms with Crippen LogP contribution in [0.2, 0.25) is 5.02 Å². The van der Waals surface area contributed by atoms with Crippen molar-refractivity contribution >= 4 is 17.3 Å². The van der Waals surface area contributed by atoms with Crippen molar-refractivity contribution in [2.75, 3.05) is 38.2 Å². The average molecular weight is 412 g/mol. The van der Waals surface area contributed by atoms with Gasteiger partial charge in [-0.25, -0.2) is 0 Å². The number of benzene rings is 2. The van der Waals surface area contributed by atoms with E-state index in [1.807, 2.05) is 42.5 Å². The van der Waals surface area contributed by atoms with Crippen molar-refractivity contribution < 1.29 is 9.64 Å². The van der Waals surface area contributed by atoms with Gasteiger partial charge in [-0.1, -0.05) is 41.9 Å². The Hall–Kier alpha value is -2.83. The van der Waals surface area contributed by atoms with Crippen molar-refractivity contribution in [3.05, 3.63) is 81.7 Å². The van der Waals surface area contributed by atoms with E-state index in [9.17, 15) is 4.79 Å². The third kappa shape index (κ3) is 4.28. The molecule has 1 aliphatic heterocycles. The van der Waals surface area contributed by atoms with E-state index in [1.54, 1.807) is 13.3 Å². The van der Waals surface area contributed by atoms with Crippen LogP contribution < -0.4 is 20.1 Å². The molecule has 0 spiro atoms. The summed E-state index contributed by atoms with van der Waals surface area (Å²) in [7, 11) is 1.69. The predicted molar refractivity (Wildman–Crippen MR) is 114 cm³/mol. The van der Waals surface area contributed by atoms with Gasteiger partial charge < -0.3 is 14.5 Å². The number of nitrogens with one attached hydrogen (secondary N) is 1. The van der Waals surface area contributed by atoms with Gasteiger partial charge in [0.15, 0.2) is 0 Å². The maximum Gasteiger partial charge on any atom is 0.292 e. The minimum Gasteiger partial charge on any atom is -0.497 e. The van der Waals surface area contributed by atoms with Crippen molar-refractivity contribution in [3.63, 3.8) is 0 Å². The third-order valence-corrected chi connectivity index (χ3v) is 5.66. The lowest BCUT2D eigenvalue weighted by molar-refractivity contribution is -0.914. The Bertz CT molecular complexity index is 1030. The van der Waals surface area contributed by atoms with Gasteiger partial charge in [0.05, 0.1) is 50.9 Å². The second-order valence-corrected chi connectivity index (χ2v) is 7.54. The molecule has 29 heavy (non-hydrogen) atoms. The van der Waals surface area contributed by atoms with Crippen LogP contribution in [0.15, 0.2) is 65.6 Å². The number of hydrogen-bond acceptors (Lipinski definition) is 4. The van der Waals surface area contributed by atoms with Crippen LogP contribution in [-0.4, -0.2) is 43.1 Å². The van der Waals surface area contributed by atoms with Gasteiger partial charge in [-0.3, -0.25) is 4.79 Å². The van der Waals surface area contributed by atoms with Crippen LogP contribution in [0, 0.1) is 0 Å². The zero-order valence-electron chi connectivity index (χ0n) is 16.3. The van der Waals surface area contributed by atoms with Gasteiger partial charge in [0.1, 0.15) is 17.3 Å². The van der Waals surface area contributed by atoms with E-state index in [4.69, 9.17) is 16.3 Å². The number of ether oxygens (including phenoxy) is 1. The summed E-state index contributed by atoms with van der Waals surface area (Å²) < 4.78 is 6.66. The van der Waals surface area contributed by atoms with E-state index in [0.29, 0.717) is 11.4 Å². The first-order chi connectivity index (χ1) is 14.2. The summed E-state index contributed by atoms with van der Waals surface area (Å²) in [6.45, 7) is 4.54. The maximum atomic E-state index is 12.7. The first kappa shape index (κ1) is 19.5. The van der Waals surface area contributed by atoms with Crippen LogP contribution in [0.3, 0.4) is 0 Å². The Kier molecular flexibility index (Phi) is 5.83. The van der Waals surface area contributed by atoms with E-state index in [2.05, 4.69) is 22.1 Å². The largest absolute Gasteiger partial charge is 0.497 e. The summed E-state index contributed by atoms with van der Waals surface area (Å²) in [4.78, 5) is 16.4. The number of quaternary nitrogens is 1. The van der Waals surface area contributed by atoms with Gasteiger partial charge in [0.2, 0.25) is 0 Å². The molecular weight excluding hydrogens is 388 g/mol. The number of rotatable bonds is 5. The van der Waals surface area contributed by atoms with Crippen LogP contribution in [0.1, 0.15) is 5.56 Å². The standard InChI is InChI=1S/C22H23ClN4O2/c1-29-19-9-5-6-17(14-19)16-25-10-12-26(13-11-25)20-15-24-27(22(28)21(20)23)18-7-3-2-4-8-18/h2-9,14-15H,10-13,16H2,1H3/p+1. The minimum atomic E-state index is -0.290. The van der Waals surface area contributed by atoms with Crippen LogP contribution in [0.25, 0.3) is 5.69 Å². The molecule has 0 atom stereocenters. The fourth-order valence-corrected chi connectivity index (χ4v) is 3.96. The lowest BCUT2D eigenvalue weighted by Crippen LogP contribution is -3.13. The molecule has 0 saturated carbocycles. The van der Waals surface area contributed by atoms with E-state index in [1.165, 1.54) is 15.1 Å². The van der Waals surface area contributed by atoms with Gasteiger partial charge in [0, 0.05) is 5.56 Å². The summed E-state index contributed by atoms with van der Waals surface area (Å²) >= 11 is 6.45. The number of piperazine rings is 1. The molecule has 0 aliphatic carbocycles. The summed E-state index contributed by atoms with van der Waals surface area (Å²) in [6.07, 6.45) is 1.70. The third-order valence-electron chi connectivity index (χ3n) is 5.30. The molecular formula is C22H24ClN4O2+. The van der Waals surface area contributed by atoms with Gasteiger partial charge in [-0.05, 0) is 24.3 Å². The number of para-hydroxylation sites is 1. The SMILES string of the molecule is COc1cccc(C[NH+]2CCN(c3cnn(-c4ccccc4)c(=O)c3Cl)CC2)c1. The van der Waals surface area contributed by atoms with Gasteiger partial charge in [0.25, 0.3) is 5.56 Å². The fourth-order valence-electron chi connectivity index (χ4n) is 3.71. The van der Waals surface area contributed by atoms with Crippen molar-refractivity contribution in [1.82, 2.24) is 9.78 Å². The Labute approximate surface area is 174 Å². The van der Waals surface area contributed by atoms with Gasteiger partial charge in [-0.15, -0.1) is 0 Å². The molecule has 0 bridgehead atoms. The number of nitrogens with zero attached hydrogens (tertiary/aromatic N) is 3.